The van der Waals surface area contributed by atoms with Gasteiger partial charge in [0.05, 0.1) is 10.5 Å². The summed E-state index contributed by atoms with van der Waals surface area (Å²) in [6, 6.07) is 2.97. The number of amides is 1. The molecule has 1 aliphatic carbocycles. The SMILES string of the molecule is C[C@@H]1CCCC[C@@H]1NC(=O)COC(=O)c1ccc(S(C)(=O)=O)c([N+](=O)[O-])c1. The van der Waals surface area contributed by atoms with Crippen LogP contribution in [-0.4, -0.2) is 44.1 Å². The van der Waals surface area contributed by atoms with Crippen molar-refractivity contribution >= 4 is 27.4 Å². The highest BCUT2D eigenvalue weighted by molar-refractivity contribution is 7.90. The van der Waals surface area contributed by atoms with E-state index in [1.807, 2.05) is 0 Å². The van der Waals surface area contributed by atoms with E-state index in [4.69, 9.17) is 4.74 Å². The number of nitro benzene ring substituents is 1. The van der Waals surface area contributed by atoms with Crippen LogP contribution in [0.2, 0.25) is 0 Å². The summed E-state index contributed by atoms with van der Waals surface area (Å²) in [4.78, 5) is 33.8. The van der Waals surface area contributed by atoms with E-state index in [0.717, 1.165) is 50.1 Å². The molecular formula is C17H22N2O7S. The fraction of sp³-hybridized carbons (Fsp3) is 0.529. The molecule has 1 fully saturated rings. The number of rotatable bonds is 6. The lowest BCUT2D eigenvalue weighted by atomic mass is 9.86. The quantitative estimate of drug-likeness (QED) is 0.439. The van der Waals surface area contributed by atoms with Crippen LogP contribution in [0.5, 0.6) is 0 Å². The van der Waals surface area contributed by atoms with Gasteiger partial charge in [0.25, 0.3) is 11.6 Å². The number of hydrogen-bond acceptors (Lipinski definition) is 7. The Labute approximate surface area is 157 Å². The van der Waals surface area contributed by atoms with Crippen LogP contribution in [0.15, 0.2) is 23.1 Å². The number of nitrogens with one attached hydrogen (secondary N) is 1. The lowest BCUT2D eigenvalue weighted by Gasteiger charge is -2.29. The van der Waals surface area contributed by atoms with Gasteiger partial charge in [0.15, 0.2) is 16.4 Å². The van der Waals surface area contributed by atoms with Crippen molar-refractivity contribution in [2.24, 2.45) is 5.92 Å². The van der Waals surface area contributed by atoms with E-state index in [1.54, 1.807) is 0 Å². The summed E-state index contributed by atoms with van der Waals surface area (Å²) < 4.78 is 28.1. The van der Waals surface area contributed by atoms with Crippen LogP contribution in [0.25, 0.3) is 0 Å². The first-order valence-electron chi connectivity index (χ1n) is 8.54. The monoisotopic (exact) mass is 398 g/mol. The molecular weight excluding hydrogens is 376 g/mol. The third-order valence-corrected chi connectivity index (χ3v) is 5.73. The third-order valence-electron chi connectivity index (χ3n) is 4.58. The van der Waals surface area contributed by atoms with E-state index >= 15 is 0 Å². The van der Waals surface area contributed by atoms with Crippen molar-refractivity contribution < 1.29 is 27.7 Å². The molecule has 0 heterocycles. The zero-order chi connectivity index (χ0) is 20.2. The number of hydrogen-bond donors (Lipinski definition) is 1. The molecule has 1 aromatic carbocycles. The Morgan fingerprint density at radius 1 is 1.30 bits per heavy atom. The fourth-order valence-corrected chi connectivity index (χ4v) is 3.92. The summed E-state index contributed by atoms with van der Waals surface area (Å²) in [5, 5.41) is 13.9. The second-order valence-corrected chi connectivity index (χ2v) is 8.71. The molecule has 0 saturated heterocycles. The van der Waals surface area contributed by atoms with E-state index in [2.05, 4.69) is 12.2 Å². The molecule has 2 rings (SSSR count). The maximum absolute atomic E-state index is 12.1. The Bertz CT molecular complexity index is 851. The molecule has 1 aliphatic rings. The number of carbonyl (C=O) groups is 2. The van der Waals surface area contributed by atoms with Gasteiger partial charge in [-0.25, -0.2) is 13.2 Å². The Kier molecular flexibility index (Phi) is 6.53. The maximum atomic E-state index is 12.1. The van der Waals surface area contributed by atoms with Gasteiger partial charge < -0.3 is 10.1 Å². The maximum Gasteiger partial charge on any atom is 0.338 e. The largest absolute Gasteiger partial charge is 0.452 e. The predicted molar refractivity (Wildman–Crippen MR) is 96.1 cm³/mol. The number of nitro groups is 1. The Hall–Kier alpha value is -2.49. The Morgan fingerprint density at radius 3 is 2.56 bits per heavy atom. The molecule has 1 N–H and O–H groups in total. The second kappa shape index (κ2) is 8.47. The van der Waals surface area contributed by atoms with Crippen LogP contribution in [0.4, 0.5) is 5.69 Å². The Balaban J connectivity index is 2.02. The first kappa shape index (κ1) is 20.8. The number of benzene rings is 1. The van der Waals surface area contributed by atoms with Crippen molar-refractivity contribution in [2.45, 2.75) is 43.5 Å². The molecule has 0 aliphatic heterocycles. The van der Waals surface area contributed by atoms with Gasteiger partial charge >= 0.3 is 5.97 Å². The minimum atomic E-state index is -3.83. The van der Waals surface area contributed by atoms with Crippen LogP contribution in [0, 0.1) is 16.0 Å². The topological polar surface area (TPSA) is 133 Å². The molecule has 0 spiro atoms. The van der Waals surface area contributed by atoms with Gasteiger partial charge in [0, 0.05) is 18.4 Å². The number of ether oxygens (including phenoxy) is 1. The van der Waals surface area contributed by atoms with Gasteiger partial charge in [-0.15, -0.1) is 0 Å². The minimum absolute atomic E-state index is 0.0417. The van der Waals surface area contributed by atoms with E-state index in [9.17, 15) is 28.1 Å². The summed E-state index contributed by atoms with van der Waals surface area (Å²) in [7, 11) is -3.83. The number of nitrogens with zero attached hydrogens (tertiary/aromatic N) is 1. The van der Waals surface area contributed by atoms with Crippen LogP contribution < -0.4 is 5.32 Å². The molecule has 0 bridgehead atoms. The average molecular weight is 398 g/mol. The van der Waals surface area contributed by atoms with Gasteiger partial charge in [-0.1, -0.05) is 19.8 Å². The molecule has 1 saturated carbocycles. The van der Waals surface area contributed by atoms with Gasteiger partial charge in [0.1, 0.15) is 4.90 Å². The van der Waals surface area contributed by atoms with E-state index in [-0.39, 0.29) is 11.6 Å². The second-order valence-electron chi connectivity index (χ2n) is 6.72. The van der Waals surface area contributed by atoms with Crippen molar-refractivity contribution in [1.82, 2.24) is 5.32 Å². The molecule has 9 nitrogen and oxygen atoms in total. The van der Waals surface area contributed by atoms with Crippen molar-refractivity contribution in [3.63, 3.8) is 0 Å². The van der Waals surface area contributed by atoms with Gasteiger partial charge in [-0.2, -0.15) is 0 Å². The number of esters is 1. The highest BCUT2D eigenvalue weighted by atomic mass is 32.2. The van der Waals surface area contributed by atoms with Crippen molar-refractivity contribution in [3.05, 3.63) is 33.9 Å². The molecule has 0 radical (unpaired) electrons. The Morgan fingerprint density at radius 2 is 1.96 bits per heavy atom. The molecule has 0 unspecified atom stereocenters. The van der Waals surface area contributed by atoms with Crippen molar-refractivity contribution in [1.29, 1.82) is 0 Å². The van der Waals surface area contributed by atoms with Crippen molar-refractivity contribution in [2.75, 3.05) is 12.9 Å². The first-order chi connectivity index (χ1) is 12.6. The number of carbonyl (C=O) groups excluding carboxylic acids is 2. The molecule has 1 amide bonds. The highest BCUT2D eigenvalue weighted by Gasteiger charge is 2.26. The minimum Gasteiger partial charge on any atom is -0.452 e. The van der Waals surface area contributed by atoms with E-state index < -0.39 is 43.8 Å². The number of sulfone groups is 1. The van der Waals surface area contributed by atoms with E-state index in [1.165, 1.54) is 0 Å². The molecule has 10 heteroatoms. The summed E-state index contributed by atoms with van der Waals surface area (Å²) in [5.74, 6) is -1.03. The molecule has 0 aromatic heterocycles. The predicted octanol–water partition coefficient (Wildman–Crippen LogP) is 1.85. The molecule has 2 atom stereocenters. The molecule has 27 heavy (non-hydrogen) atoms. The standard InChI is InChI=1S/C17H22N2O7S/c1-11-5-3-4-6-13(11)18-16(20)10-26-17(21)12-7-8-15(27(2,24)25)14(9-12)19(22)23/h7-9,11,13H,3-6,10H2,1-2H3,(H,18,20)/t11-,13+/m1/s1. The smallest absolute Gasteiger partial charge is 0.338 e. The molecule has 1 aromatic rings. The van der Waals surface area contributed by atoms with Crippen LogP contribution in [0.1, 0.15) is 43.0 Å². The summed E-state index contributed by atoms with van der Waals surface area (Å²) in [6.45, 7) is 1.54. The van der Waals surface area contributed by atoms with Gasteiger partial charge in [-0.05, 0) is 30.9 Å². The lowest BCUT2D eigenvalue weighted by molar-refractivity contribution is -0.387. The fourth-order valence-electron chi connectivity index (χ4n) is 3.09. The summed E-state index contributed by atoms with van der Waals surface area (Å²) >= 11 is 0. The van der Waals surface area contributed by atoms with Crippen LogP contribution in [0.3, 0.4) is 0 Å². The van der Waals surface area contributed by atoms with Gasteiger partial charge in [0.2, 0.25) is 0 Å². The summed E-state index contributed by atoms with van der Waals surface area (Å²) in [5.41, 5.74) is -0.916. The molecule has 148 valence electrons. The zero-order valence-corrected chi connectivity index (χ0v) is 16.0. The third kappa shape index (κ3) is 5.49. The van der Waals surface area contributed by atoms with Crippen LogP contribution in [-0.2, 0) is 19.4 Å². The normalized spacial score (nSPS) is 19.9. The zero-order valence-electron chi connectivity index (χ0n) is 15.1. The first-order valence-corrected chi connectivity index (χ1v) is 10.4. The van der Waals surface area contributed by atoms with Crippen molar-refractivity contribution in [3.8, 4) is 0 Å². The lowest BCUT2D eigenvalue weighted by Crippen LogP contribution is -2.42. The highest BCUT2D eigenvalue weighted by Crippen LogP contribution is 2.25. The average Bonchev–Trinajstić information content (AvgIpc) is 2.60. The van der Waals surface area contributed by atoms with Gasteiger partial charge in [-0.3, -0.25) is 14.9 Å². The van der Waals surface area contributed by atoms with E-state index in [0.29, 0.717) is 5.92 Å². The van der Waals surface area contributed by atoms with Crippen LogP contribution >= 0.6 is 0 Å². The summed E-state index contributed by atoms with van der Waals surface area (Å²) in [6.07, 6.45) is 4.90.